The lowest BCUT2D eigenvalue weighted by Gasteiger charge is -2.38. The zero-order chi connectivity index (χ0) is 14.2. The second-order valence-corrected chi connectivity index (χ2v) is 7.04. The maximum Gasteiger partial charge on any atom is 0.124 e. The Hall–Kier alpha value is -0.600. The predicted octanol–water partition coefficient (Wildman–Crippen LogP) is 4.44. The smallest absolute Gasteiger partial charge is 0.124 e. The molecule has 1 nitrogen and oxygen atoms in total. The second kappa shape index (κ2) is 5.65. The van der Waals surface area contributed by atoms with E-state index in [-0.39, 0.29) is 5.82 Å². The summed E-state index contributed by atoms with van der Waals surface area (Å²) in [6.07, 6.45) is 6.42. The molecule has 3 heteroatoms. The maximum atomic E-state index is 13.2. The monoisotopic (exact) mass is 295 g/mol. The van der Waals surface area contributed by atoms with E-state index in [0.29, 0.717) is 10.4 Å². The number of fused-ring (bicyclic) bond motifs is 2. The first-order valence-electron chi connectivity index (χ1n) is 7.77. The molecule has 1 N–H and O–H groups in total. The normalized spacial score (nSPS) is 31.9. The summed E-state index contributed by atoms with van der Waals surface area (Å²) < 4.78 is 13.2. The standard InChI is InChI=1S/C17H23ClFN/c1-2-20-11-17(9-12-3-5-14(17)7-12)10-13-4-6-15(19)8-16(13)18/h4,6,8,12,14,20H,2-3,5,7,9-11H2,1H3. The van der Waals surface area contributed by atoms with Crippen molar-refractivity contribution in [2.24, 2.45) is 17.3 Å². The second-order valence-electron chi connectivity index (χ2n) is 6.64. The summed E-state index contributed by atoms with van der Waals surface area (Å²) >= 11 is 6.25. The third-order valence-electron chi connectivity index (χ3n) is 5.39. The Morgan fingerprint density at radius 3 is 2.85 bits per heavy atom. The molecule has 0 aromatic heterocycles. The highest BCUT2D eigenvalue weighted by atomic mass is 35.5. The third-order valence-corrected chi connectivity index (χ3v) is 5.74. The highest BCUT2D eigenvalue weighted by Crippen LogP contribution is 2.57. The van der Waals surface area contributed by atoms with Crippen LogP contribution in [0.2, 0.25) is 5.02 Å². The van der Waals surface area contributed by atoms with Crippen molar-refractivity contribution < 1.29 is 4.39 Å². The summed E-state index contributed by atoms with van der Waals surface area (Å²) in [4.78, 5) is 0. The first-order chi connectivity index (χ1) is 9.63. The van der Waals surface area contributed by atoms with Crippen LogP contribution < -0.4 is 5.32 Å². The van der Waals surface area contributed by atoms with E-state index in [1.54, 1.807) is 0 Å². The number of benzene rings is 1. The van der Waals surface area contributed by atoms with Crippen LogP contribution in [0.25, 0.3) is 0 Å². The van der Waals surface area contributed by atoms with Crippen molar-refractivity contribution in [1.29, 1.82) is 0 Å². The van der Waals surface area contributed by atoms with E-state index in [1.165, 1.54) is 37.8 Å². The van der Waals surface area contributed by atoms with Crippen LogP contribution in [0.1, 0.15) is 38.2 Å². The van der Waals surface area contributed by atoms with Crippen molar-refractivity contribution in [2.75, 3.05) is 13.1 Å². The summed E-state index contributed by atoms with van der Waals surface area (Å²) in [6, 6.07) is 4.86. The van der Waals surface area contributed by atoms with Gasteiger partial charge in [0.05, 0.1) is 0 Å². The highest BCUT2D eigenvalue weighted by molar-refractivity contribution is 6.31. The molecule has 3 atom stereocenters. The van der Waals surface area contributed by atoms with Crippen molar-refractivity contribution in [3.63, 3.8) is 0 Å². The summed E-state index contributed by atoms with van der Waals surface area (Å²) in [5, 5.41) is 4.14. The molecule has 0 aliphatic heterocycles. The molecule has 3 unspecified atom stereocenters. The molecule has 0 radical (unpaired) electrons. The minimum atomic E-state index is -0.243. The van der Waals surface area contributed by atoms with E-state index in [4.69, 9.17) is 11.6 Å². The fourth-order valence-electron chi connectivity index (χ4n) is 4.47. The molecule has 110 valence electrons. The van der Waals surface area contributed by atoms with Gasteiger partial charge in [0, 0.05) is 11.6 Å². The van der Waals surface area contributed by atoms with Crippen LogP contribution in [0, 0.1) is 23.1 Å². The Balaban J connectivity index is 1.83. The summed E-state index contributed by atoms with van der Waals surface area (Å²) in [5.41, 5.74) is 1.44. The molecule has 0 amide bonds. The molecular weight excluding hydrogens is 273 g/mol. The van der Waals surface area contributed by atoms with E-state index in [9.17, 15) is 4.39 Å². The molecule has 1 aromatic carbocycles. The van der Waals surface area contributed by atoms with Gasteiger partial charge in [-0.2, -0.15) is 0 Å². The van der Waals surface area contributed by atoms with E-state index in [1.807, 2.05) is 6.07 Å². The first kappa shape index (κ1) is 14.3. The average molecular weight is 296 g/mol. The van der Waals surface area contributed by atoms with Crippen molar-refractivity contribution in [2.45, 2.75) is 39.0 Å². The number of nitrogens with one attached hydrogen (secondary N) is 1. The van der Waals surface area contributed by atoms with Gasteiger partial charge in [0.25, 0.3) is 0 Å². The molecule has 0 spiro atoms. The number of halogens is 2. The van der Waals surface area contributed by atoms with Crippen LogP contribution in [0.15, 0.2) is 18.2 Å². The molecule has 2 aliphatic carbocycles. The third kappa shape index (κ3) is 2.60. The van der Waals surface area contributed by atoms with Crippen molar-refractivity contribution >= 4 is 11.6 Å². The van der Waals surface area contributed by atoms with E-state index >= 15 is 0 Å². The molecule has 1 aromatic rings. The van der Waals surface area contributed by atoms with E-state index in [2.05, 4.69) is 12.2 Å². The first-order valence-corrected chi connectivity index (χ1v) is 8.15. The molecule has 2 aliphatic rings. The van der Waals surface area contributed by atoms with Crippen LogP contribution in [0.5, 0.6) is 0 Å². The maximum absolute atomic E-state index is 13.2. The Labute approximate surface area is 125 Å². The number of hydrogen-bond acceptors (Lipinski definition) is 1. The molecule has 3 rings (SSSR count). The fraction of sp³-hybridized carbons (Fsp3) is 0.647. The minimum absolute atomic E-state index is 0.243. The van der Waals surface area contributed by atoms with Crippen LogP contribution >= 0.6 is 11.6 Å². The number of rotatable bonds is 5. The van der Waals surface area contributed by atoms with Crippen molar-refractivity contribution in [3.05, 3.63) is 34.6 Å². The van der Waals surface area contributed by atoms with Gasteiger partial charge in [-0.05, 0) is 67.2 Å². The zero-order valence-electron chi connectivity index (χ0n) is 12.1. The topological polar surface area (TPSA) is 12.0 Å². The Morgan fingerprint density at radius 1 is 1.40 bits per heavy atom. The lowest BCUT2D eigenvalue weighted by Crippen LogP contribution is -2.40. The van der Waals surface area contributed by atoms with Gasteiger partial charge in [0.15, 0.2) is 0 Å². The van der Waals surface area contributed by atoms with Gasteiger partial charge in [-0.25, -0.2) is 4.39 Å². The Bertz CT molecular complexity index is 490. The Morgan fingerprint density at radius 2 is 2.25 bits per heavy atom. The van der Waals surface area contributed by atoms with E-state index < -0.39 is 0 Å². The SMILES string of the molecule is CCNCC1(Cc2ccc(F)cc2Cl)CC2CCC1C2. The molecule has 2 fully saturated rings. The summed E-state index contributed by atoms with van der Waals surface area (Å²) in [7, 11) is 0. The lowest BCUT2D eigenvalue weighted by atomic mass is 9.69. The van der Waals surface area contributed by atoms with Gasteiger partial charge >= 0.3 is 0 Å². The summed E-state index contributed by atoms with van der Waals surface area (Å²) in [5.74, 6) is 1.47. The lowest BCUT2D eigenvalue weighted by molar-refractivity contribution is 0.157. The molecule has 0 heterocycles. The van der Waals surface area contributed by atoms with Crippen molar-refractivity contribution in [1.82, 2.24) is 5.32 Å². The largest absolute Gasteiger partial charge is 0.316 e. The van der Waals surface area contributed by atoms with E-state index in [0.717, 1.165) is 36.9 Å². The molecule has 0 saturated heterocycles. The van der Waals surface area contributed by atoms with Crippen LogP contribution in [-0.4, -0.2) is 13.1 Å². The summed E-state index contributed by atoms with van der Waals surface area (Å²) in [6.45, 7) is 4.24. The van der Waals surface area contributed by atoms with Gasteiger partial charge in [0.2, 0.25) is 0 Å². The van der Waals surface area contributed by atoms with Crippen LogP contribution in [0.4, 0.5) is 4.39 Å². The van der Waals surface area contributed by atoms with Gasteiger partial charge in [-0.1, -0.05) is 31.0 Å². The molecule has 2 bridgehead atoms. The van der Waals surface area contributed by atoms with Gasteiger partial charge in [-0.15, -0.1) is 0 Å². The zero-order valence-corrected chi connectivity index (χ0v) is 12.8. The van der Waals surface area contributed by atoms with Gasteiger partial charge in [-0.3, -0.25) is 0 Å². The molecule has 20 heavy (non-hydrogen) atoms. The van der Waals surface area contributed by atoms with Gasteiger partial charge < -0.3 is 5.32 Å². The van der Waals surface area contributed by atoms with Crippen molar-refractivity contribution in [3.8, 4) is 0 Å². The molecule has 2 saturated carbocycles. The number of hydrogen-bond donors (Lipinski definition) is 1. The molecular formula is C17H23ClFN. The van der Waals surface area contributed by atoms with Gasteiger partial charge in [0.1, 0.15) is 5.82 Å². The van der Waals surface area contributed by atoms with Crippen LogP contribution in [0.3, 0.4) is 0 Å². The highest BCUT2D eigenvalue weighted by Gasteiger charge is 2.50. The Kier molecular flexibility index (Phi) is 4.05. The predicted molar refractivity (Wildman–Crippen MR) is 81.5 cm³/mol. The van der Waals surface area contributed by atoms with Crippen LogP contribution in [-0.2, 0) is 6.42 Å². The quantitative estimate of drug-likeness (QED) is 0.847. The minimum Gasteiger partial charge on any atom is -0.316 e. The average Bonchev–Trinajstić information content (AvgIpc) is 3.01. The fourth-order valence-corrected chi connectivity index (χ4v) is 4.71.